The van der Waals surface area contributed by atoms with E-state index in [1.165, 1.54) is 12.3 Å². The van der Waals surface area contributed by atoms with Crippen molar-refractivity contribution in [2.75, 3.05) is 5.32 Å². The smallest absolute Gasteiger partial charge is 0.354 e. The number of aromatic nitrogens is 4. The third-order valence-corrected chi connectivity index (χ3v) is 5.14. The van der Waals surface area contributed by atoms with Gasteiger partial charge in [0.15, 0.2) is 11.6 Å². The van der Waals surface area contributed by atoms with Crippen LogP contribution in [0.15, 0.2) is 91.3 Å². The zero-order chi connectivity index (χ0) is 21.9. The maximum Gasteiger partial charge on any atom is 0.354 e. The predicted molar refractivity (Wildman–Crippen MR) is 122 cm³/mol. The molecule has 0 amide bonds. The first-order valence-electron chi connectivity index (χ1n) is 10.1. The number of hydrogen-bond acceptors (Lipinski definition) is 5. The predicted octanol–water partition coefficient (Wildman–Crippen LogP) is 4.77. The highest BCUT2D eigenvalue weighted by Crippen LogP contribution is 2.31. The molecule has 3 heterocycles. The van der Waals surface area contributed by atoms with Gasteiger partial charge in [0.1, 0.15) is 11.2 Å². The van der Waals surface area contributed by atoms with Gasteiger partial charge in [0.05, 0.1) is 0 Å². The maximum absolute atomic E-state index is 11.4. The summed E-state index contributed by atoms with van der Waals surface area (Å²) in [5.41, 5.74) is 4.57. The molecular formula is C25H19N5O2. The molecular weight excluding hydrogens is 402 g/mol. The Labute approximate surface area is 184 Å². The van der Waals surface area contributed by atoms with Crippen LogP contribution in [0.3, 0.4) is 0 Å². The molecule has 2 aromatic carbocycles. The van der Waals surface area contributed by atoms with Gasteiger partial charge in [-0.15, -0.1) is 5.10 Å². The molecule has 2 N–H and O–H groups in total. The van der Waals surface area contributed by atoms with Crippen LogP contribution in [0.25, 0.3) is 28.0 Å². The van der Waals surface area contributed by atoms with Crippen LogP contribution in [0.5, 0.6) is 0 Å². The van der Waals surface area contributed by atoms with E-state index in [1.807, 2.05) is 72.9 Å². The number of carboxylic acid groups (broad SMARTS) is 1. The largest absolute Gasteiger partial charge is 0.477 e. The molecule has 0 saturated heterocycles. The number of carboxylic acids is 1. The Morgan fingerprint density at radius 2 is 1.69 bits per heavy atom. The van der Waals surface area contributed by atoms with Crippen molar-refractivity contribution < 1.29 is 9.90 Å². The van der Waals surface area contributed by atoms with Crippen LogP contribution in [-0.4, -0.2) is 30.7 Å². The molecule has 5 rings (SSSR count). The zero-order valence-electron chi connectivity index (χ0n) is 17.0. The van der Waals surface area contributed by atoms with Crippen molar-refractivity contribution in [1.29, 1.82) is 0 Å². The second-order valence-corrected chi connectivity index (χ2v) is 7.25. The van der Waals surface area contributed by atoms with Gasteiger partial charge in [-0.25, -0.2) is 19.3 Å². The second-order valence-electron chi connectivity index (χ2n) is 7.25. The molecule has 5 aromatic rings. The first-order valence-corrected chi connectivity index (χ1v) is 10.1. The molecule has 0 atom stereocenters. The normalized spacial score (nSPS) is 10.9. The first kappa shape index (κ1) is 19.4. The number of anilines is 1. The minimum absolute atomic E-state index is 0.0533. The molecule has 0 unspecified atom stereocenters. The third-order valence-electron chi connectivity index (χ3n) is 5.14. The number of carbonyl (C=O) groups is 1. The van der Waals surface area contributed by atoms with Gasteiger partial charge in [-0.05, 0) is 29.3 Å². The van der Waals surface area contributed by atoms with E-state index < -0.39 is 5.97 Å². The molecule has 0 fully saturated rings. The summed E-state index contributed by atoms with van der Waals surface area (Å²) in [5, 5.41) is 17.4. The van der Waals surface area contributed by atoms with Crippen LogP contribution in [0, 0.1) is 0 Å². The number of nitrogens with zero attached hydrogens (tertiary/aromatic N) is 4. The van der Waals surface area contributed by atoms with Gasteiger partial charge >= 0.3 is 5.97 Å². The Hall–Kier alpha value is -4.52. The summed E-state index contributed by atoms with van der Waals surface area (Å²) in [6.07, 6.45) is 3.34. The molecule has 0 radical (unpaired) electrons. The van der Waals surface area contributed by atoms with Gasteiger partial charge in [-0.1, -0.05) is 60.7 Å². The fraction of sp³-hybridized carbons (Fsp3) is 0.0400. The lowest BCUT2D eigenvalue weighted by Gasteiger charge is -2.12. The Morgan fingerprint density at radius 3 is 2.44 bits per heavy atom. The summed E-state index contributed by atoms with van der Waals surface area (Å²) in [7, 11) is 0. The minimum Gasteiger partial charge on any atom is -0.477 e. The fourth-order valence-electron chi connectivity index (χ4n) is 3.59. The van der Waals surface area contributed by atoms with Crippen LogP contribution in [0.2, 0.25) is 0 Å². The topological polar surface area (TPSA) is 92.4 Å². The van der Waals surface area contributed by atoms with Crippen molar-refractivity contribution in [1.82, 2.24) is 19.6 Å². The summed E-state index contributed by atoms with van der Waals surface area (Å²) in [6, 6.07) is 25.3. The van der Waals surface area contributed by atoms with Crippen molar-refractivity contribution in [2.24, 2.45) is 0 Å². The molecule has 0 bridgehead atoms. The zero-order valence-corrected chi connectivity index (χ0v) is 17.0. The summed E-state index contributed by atoms with van der Waals surface area (Å²) < 4.78 is 1.78. The second kappa shape index (κ2) is 8.31. The molecule has 7 heteroatoms. The number of hydrogen-bond donors (Lipinski definition) is 2. The number of pyridine rings is 1. The van der Waals surface area contributed by atoms with Gasteiger partial charge in [0.25, 0.3) is 0 Å². The van der Waals surface area contributed by atoms with Crippen LogP contribution in [0.4, 0.5) is 5.82 Å². The molecule has 7 nitrogen and oxygen atoms in total. The third kappa shape index (κ3) is 3.79. The van der Waals surface area contributed by atoms with Gasteiger partial charge < -0.3 is 10.4 Å². The van der Waals surface area contributed by atoms with Crippen LogP contribution in [0.1, 0.15) is 16.1 Å². The lowest BCUT2D eigenvalue weighted by Crippen LogP contribution is -2.08. The first-order chi connectivity index (χ1) is 15.7. The van der Waals surface area contributed by atoms with E-state index in [2.05, 4.69) is 15.4 Å². The Morgan fingerprint density at radius 1 is 0.938 bits per heavy atom. The number of benzene rings is 2. The minimum atomic E-state index is -1.09. The van der Waals surface area contributed by atoms with Crippen LogP contribution >= 0.6 is 0 Å². The van der Waals surface area contributed by atoms with Crippen molar-refractivity contribution in [3.05, 3.63) is 103 Å². The number of rotatable bonds is 6. The lowest BCUT2D eigenvalue weighted by atomic mass is 10.1. The quantitative estimate of drug-likeness (QED) is 0.410. The summed E-state index contributed by atoms with van der Waals surface area (Å²) in [6.45, 7) is 0.586. The van der Waals surface area contributed by atoms with E-state index in [9.17, 15) is 9.90 Å². The molecule has 32 heavy (non-hydrogen) atoms. The standard InChI is InChI=1S/C25H19N5O2/c31-25(32)21-15-19(11-13-26-21)23-28-24(27-16-17-7-3-1-4-8-17)22-20(12-14-30(22)29-23)18-9-5-2-6-10-18/h1-15H,16H2,(H,31,32)(H,27,28,29). The van der Waals surface area contributed by atoms with E-state index in [4.69, 9.17) is 4.98 Å². The molecule has 0 spiro atoms. The van der Waals surface area contributed by atoms with E-state index in [0.29, 0.717) is 23.8 Å². The van der Waals surface area contributed by atoms with Gasteiger partial charge in [0, 0.05) is 30.1 Å². The fourth-order valence-corrected chi connectivity index (χ4v) is 3.59. The Kier molecular flexibility index (Phi) is 5.05. The van der Waals surface area contributed by atoms with Crippen molar-refractivity contribution in [2.45, 2.75) is 6.54 Å². The summed E-state index contributed by atoms with van der Waals surface area (Å²) in [5.74, 6) is -0.0211. The Balaban J connectivity index is 1.64. The van der Waals surface area contributed by atoms with E-state index in [0.717, 1.165) is 22.2 Å². The van der Waals surface area contributed by atoms with E-state index >= 15 is 0 Å². The summed E-state index contributed by atoms with van der Waals surface area (Å²) >= 11 is 0. The molecule has 0 aliphatic heterocycles. The molecule has 0 saturated carbocycles. The Bertz CT molecular complexity index is 1400. The highest BCUT2D eigenvalue weighted by Gasteiger charge is 2.16. The van der Waals surface area contributed by atoms with Gasteiger partial charge in [-0.2, -0.15) is 0 Å². The van der Waals surface area contributed by atoms with Gasteiger partial charge in [0.2, 0.25) is 0 Å². The van der Waals surface area contributed by atoms with Crippen LogP contribution in [-0.2, 0) is 6.54 Å². The van der Waals surface area contributed by atoms with E-state index in [1.54, 1.807) is 10.6 Å². The summed E-state index contributed by atoms with van der Waals surface area (Å²) in [4.78, 5) is 20.0. The highest BCUT2D eigenvalue weighted by atomic mass is 16.4. The van der Waals surface area contributed by atoms with Crippen molar-refractivity contribution >= 4 is 17.3 Å². The molecule has 0 aliphatic carbocycles. The number of aromatic carboxylic acids is 1. The van der Waals surface area contributed by atoms with Gasteiger partial charge in [-0.3, -0.25) is 0 Å². The number of nitrogens with one attached hydrogen (secondary N) is 1. The van der Waals surface area contributed by atoms with Crippen molar-refractivity contribution in [3.63, 3.8) is 0 Å². The van der Waals surface area contributed by atoms with Crippen LogP contribution < -0.4 is 5.32 Å². The average molecular weight is 421 g/mol. The van der Waals surface area contributed by atoms with E-state index in [-0.39, 0.29) is 5.69 Å². The number of fused-ring (bicyclic) bond motifs is 1. The monoisotopic (exact) mass is 421 g/mol. The molecule has 156 valence electrons. The van der Waals surface area contributed by atoms with Crippen molar-refractivity contribution in [3.8, 4) is 22.5 Å². The molecule has 0 aliphatic rings. The SMILES string of the molecule is O=C(O)c1cc(-c2nc(NCc3ccccc3)c3c(-c4ccccc4)ccn3n2)ccn1. The lowest BCUT2D eigenvalue weighted by molar-refractivity contribution is 0.0690. The highest BCUT2D eigenvalue weighted by molar-refractivity contribution is 5.89. The average Bonchev–Trinajstić information content (AvgIpc) is 3.28. The maximum atomic E-state index is 11.4. The molecule has 3 aromatic heterocycles.